The molecule has 21 heavy (non-hydrogen) atoms. The van der Waals surface area contributed by atoms with Crippen molar-refractivity contribution in [1.82, 2.24) is 19.7 Å². The predicted octanol–water partition coefficient (Wildman–Crippen LogP) is 1.97. The molecule has 0 bridgehead atoms. The SMILES string of the molecule is COC(=O)c1ncn(Cc2cc(C)nc3ccccc23)n1. The molecule has 0 radical (unpaired) electrons. The monoisotopic (exact) mass is 282 g/mol. The fourth-order valence-electron chi connectivity index (χ4n) is 2.26. The summed E-state index contributed by atoms with van der Waals surface area (Å²) in [5.41, 5.74) is 2.97. The van der Waals surface area contributed by atoms with Gasteiger partial charge in [-0.05, 0) is 24.6 Å². The first kappa shape index (κ1) is 13.2. The predicted molar refractivity (Wildman–Crippen MR) is 76.9 cm³/mol. The number of pyridine rings is 1. The van der Waals surface area contributed by atoms with E-state index in [0.29, 0.717) is 6.54 Å². The van der Waals surface area contributed by atoms with Crippen molar-refractivity contribution in [3.05, 3.63) is 53.7 Å². The van der Waals surface area contributed by atoms with Gasteiger partial charge in [0, 0.05) is 11.1 Å². The highest BCUT2D eigenvalue weighted by Crippen LogP contribution is 2.18. The Hall–Kier alpha value is -2.76. The summed E-state index contributed by atoms with van der Waals surface area (Å²) in [5, 5.41) is 5.19. The molecule has 0 saturated carbocycles. The lowest BCUT2D eigenvalue weighted by atomic mass is 10.1. The minimum absolute atomic E-state index is 0.0626. The van der Waals surface area contributed by atoms with Gasteiger partial charge in [-0.15, -0.1) is 5.10 Å². The molecule has 0 spiro atoms. The van der Waals surface area contributed by atoms with Crippen LogP contribution in [-0.2, 0) is 11.3 Å². The third kappa shape index (κ3) is 2.60. The molecule has 6 nitrogen and oxygen atoms in total. The summed E-state index contributed by atoms with van der Waals surface area (Å²) in [6, 6.07) is 9.96. The van der Waals surface area contributed by atoms with Crippen LogP contribution < -0.4 is 0 Å². The van der Waals surface area contributed by atoms with Crippen LogP contribution in [0.2, 0.25) is 0 Å². The van der Waals surface area contributed by atoms with Gasteiger partial charge in [-0.3, -0.25) is 4.98 Å². The molecule has 2 heterocycles. The van der Waals surface area contributed by atoms with Gasteiger partial charge in [0.25, 0.3) is 5.82 Å². The number of carbonyl (C=O) groups excluding carboxylic acids is 1. The number of rotatable bonds is 3. The van der Waals surface area contributed by atoms with E-state index >= 15 is 0 Å². The van der Waals surface area contributed by atoms with E-state index < -0.39 is 5.97 Å². The number of hydrogen-bond donors (Lipinski definition) is 0. The van der Waals surface area contributed by atoms with Crippen LogP contribution in [0.25, 0.3) is 10.9 Å². The third-order valence-corrected chi connectivity index (χ3v) is 3.17. The van der Waals surface area contributed by atoms with Crippen molar-refractivity contribution in [1.29, 1.82) is 0 Å². The molecule has 106 valence electrons. The minimum Gasteiger partial charge on any atom is -0.463 e. The number of fused-ring (bicyclic) bond motifs is 1. The van der Waals surface area contributed by atoms with Crippen molar-refractivity contribution in [2.75, 3.05) is 7.11 Å². The van der Waals surface area contributed by atoms with Gasteiger partial charge in [0.05, 0.1) is 19.2 Å². The Labute approximate surface area is 121 Å². The van der Waals surface area contributed by atoms with Crippen LogP contribution in [0.5, 0.6) is 0 Å². The first-order valence-corrected chi connectivity index (χ1v) is 6.50. The first-order valence-electron chi connectivity index (χ1n) is 6.50. The molecule has 0 aliphatic carbocycles. The van der Waals surface area contributed by atoms with Crippen molar-refractivity contribution in [2.45, 2.75) is 13.5 Å². The van der Waals surface area contributed by atoms with E-state index in [-0.39, 0.29) is 5.82 Å². The lowest BCUT2D eigenvalue weighted by Crippen LogP contribution is -2.07. The molecule has 0 aliphatic rings. The molecular formula is C15H14N4O2. The van der Waals surface area contributed by atoms with Gasteiger partial charge in [-0.25, -0.2) is 14.5 Å². The number of aromatic nitrogens is 4. The maximum atomic E-state index is 11.4. The molecule has 0 atom stereocenters. The maximum Gasteiger partial charge on any atom is 0.377 e. The van der Waals surface area contributed by atoms with Crippen molar-refractivity contribution in [3.63, 3.8) is 0 Å². The molecular weight excluding hydrogens is 268 g/mol. The second-order valence-corrected chi connectivity index (χ2v) is 4.70. The molecule has 0 N–H and O–H groups in total. The van der Waals surface area contributed by atoms with Gasteiger partial charge in [0.2, 0.25) is 0 Å². The van der Waals surface area contributed by atoms with Gasteiger partial charge in [0.15, 0.2) is 0 Å². The highest BCUT2D eigenvalue weighted by Gasteiger charge is 2.12. The van der Waals surface area contributed by atoms with Crippen molar-refractivity contribution in [3.8, 4) is 0 Å². The first-order chi connectivity index (χ1) is 10.2. The Bertz CT molecular complexity index is 810. The number of esters is 1. The molecule has 0 saturated heterocycles. The Morgan fingerprint density at radius 3 is 2.95 bits per heavy atom. The summed E-state index contributed by atoms with van der Waals surface area (Å²) in [7, 11) is 1.31. The fourth-order valence-corrected chi connectivity index (χ4v) is 2.26. The van der Waals surface area contributed by atoms with Crippen molar-refractivity contribution in [2.24, 2.45) is 0 Å². The van der Waals surface area contributed by atoms with Gasteiger partial charge in [0.1, 0.15) is 6.33 Å². The lowest BCUT2D eigenvalue weighted by molar-refractivity contribution is 0.0586. The number of methoxy groups -OCH3 is 1. The topological polar surface area (TPSA) is 69.9 Å². The van der Waals surface area contributed by atoms with E-state index in [0.717, 1.165) is 22.2 Å². The number of nitrogens with zero attached hydrogens (tertiary/aromatic N) is 4. The molecule has 1 aromatic carbocycles. The normalized spacial score (nSPS) is 10.8. The van der Waals surface area contributed by atoms with Gasteiger partial charge < -0.3 is 4.74 Å². The Morgan fingerprint density at radius 2 is 2.14 bits per heavy atom. The van der Waals surface area contributed by atoms with Crippen LogP contribution in [0.3, 0.4) is 0 Å². The number of benzene rings is 1. The quantitative estimate of drug-likeness (QED) is 0.687. The second kappa shape index (κ2) is 5.32. The number of hydrogen-bond acceptors (Lipinski definition) is 5. The Balaban J connectivity index is 1.98. The highest BCUT2D eigenvalue weighted by atomic mass is 16.5. The van der Waals surface area contributed by atoms with E-state index in [1.54, 1.807) is 4.68 Å². The van der Waals surface area contributed by atoms with E-state index in [9.17, 15) is 4.79 Å². The number of carbonyl (C=O) groups is 1. The summed E-state index contributed by atoms with van der Waals surface area (Å²) in [5.74, 6) is -0.475. The van der Waals surface area contributed by atoms with Crippen molar-refractivity contribution < 1.29 is 9.53 Å². The summed E-state index contributed by atoms with van der Waals surface area (Å²) in [6.07, 6.45) is 1.52. The van der Waals surface area contributed by atoms with E-state index in [2.05, 4.69) is 19.8 Å². The van der Waals surface area contributed by atoms with Crippen LogP contribution in [0.1, 0.15) is 21.9 Å². The zero-order chi connectivity index (χ0) is 14.8. The molecule has 0 fully saturated rings. The standard InChI is InChI=1S/C15H14N4O2/c1-10-7-11(12-5-3-4-6-13(12)17-10)8-19-9-16-14(18-19)15(20)21-2/h3-7,9H,8H2,1-2H3. The zero-order valence-electron chi connectivity index (χ0n) is 11.8. The molecule has 2 aromatic heterocycles. The van der Waals surface area contributed by atoms with Crippen LogP contribution in [-0.4, -0.2) is 32.8 Å². The summed E-state index contributed by atoms with van der Waals surface area (Å²) in [6.45, 7) is 2.48. The van der Waals surface area contributed by atoms with Crippen LogP contribution in [0, 0.1) is 6.92 Å². The number of ether oxygens (including phenoxy) is 1. The summed E-state index contributed by atoms with van der Waals surface area (Å²) < 4.78 is 6.22. The van der Waals surface area contributed by atoms with Gasteiger partial charge >= 0.3 is 5.97 Å². The minimum atomic E-state index is -0.537. The average Bonchev–Trinajstić information content (AvgIpc) is 2.95. The smallest absolute Gasteiger partial charge is 0.377 e. The van der Waals surface area contributed by atoms with E-state index in [4.69, 9.17) is 0 Å². The third-order valence-electron chi connectivity index (χ3n) is 3.17. The van der Waals surface area contributed by atoms with Gasteiger partial charge in [-0.2, -0.15) is 0 Å². The van der Waals surface area contributed by atoms with E-state index in [1.165, 1.54) is 13.4 Å². The number of para-hydroxylation sites is 1. The Morgan fingerprint density at radius 1 is 1.33 bits per heavy atom. The fraction of sp³-hybridized carbons (Fsp3) is 0.200. The number of aryl methyl sites for hydroxylation is 1. The van der Waals surface area contributed by atoms with Crippen LogP contribution >= 0.6 is 0 Å². The lowest BCUT2D eigenvalue weighted by Gasteiger charge is -2.07. The molecule has 0 amide bonds. The highest BCUT2D eigenvalue weighted by molar-refractivity contribution is 5.84. The van der Waals surface area contributed by atoms with E-state index in [1.807, 2.05) is 37.3 Å². The molecule has 3 aromatic rings. The molecule has 0 unspecified atom stereocenters. The second-order valence-electron chi connectivity index (χ2n) is 4.70. The zero-order valence-corrected chi connectivity index (χ0v) is 11.8. The summed E-state index contributed by atoms with van der Waals surface area (Å²) in [4.78, 5) is 19.8. The van der Waals surface area contributed by atoms with Crippen molar-refractivity contribution >= 4 is 16.9 Å². The van der Waals surface area contributed by atoms with Crippen LogP contribution in [0.15, 0.2) is 36.7 Å². The Kier molecular flexibility index (Phi) is 3.35. The molecule has 0 aliphatic heterocycles. The van der Waals surface area contributed by atoms with Gasteiger partial charge in [-0.1, -0.05) is 18.2 Å². The largest absolute Gasteiger partial charge is 0.463 e. The molecule has 6 heteroatoms. The maximum absolute atomic E-state index is 11.4. The average molecular weight is 282 g/mol. The molecule has 3 rings (SSSR count). The van der Waals surface area contributed by atoms with Crippen LogP contribution in [0.4, 0.5) is 0 Å². The summed E-state index contributed by atoms with van der Waals surface area (Å²) >= 11 is 0.